The molecule has 3 rings (SSSR count). The van der Waals surface area contributed by atoms with Crippen LogP contribution in [-0.4, -0.2) is 52.5 Å². The number of carbonyl (C=O) groups excluding carboxylic acids is 1. The molecule has 2 aliphatic rings. The first kappa shape index (κ1) is 21.8. The van der Waals surface area contributed by atoms with Crippen LogP contribution in [0, 0.1) is 5.41 Å². The van der Waals surface area contributed by atoms with Crippen LogP contribution in [0.3, 0.4) is 0 Å². The second-order valence-electron chi connectivity index (χ2n) is 7.89. The van der Waals surface area contributed by atoms with E-state index in [1.54, 1.807) is 7.11 Å². The first-order valence-electron chi connectivity index (χ1n) is 9.35. The third-order valence-electron chi connectivity index (χ3n) is 5.48. The average molecular weight is 399 g/mol. The van der Waals surface area contributed by atoms with Gasteiger partial charge in [0.1, 0.15) is 13.2 Å². The zero-order valence-electron chi connectivity index (χ0n) is 16.4. The summed E-state index contributed by atoms with van der Waals surface area (Å²) >= 11 is 0. The predicted octanol–water partition coefficient (Wildman–Crippen LogP) is 2.29. The van der Waals surface area contributed by atoms with E-state index in [0.29, 0.717) is 26.4 Å². The van der Waals surface area contributed by atoms with E-state index in [2.05, 4.69) is 30.5 Å². The maximum absolute atomic E-state index is 13.0. The Bertz CT molecular complexity index is 639. The number of rotatable bonds is 6. The smallest absolute Gasteiger partial charge is 0.228 e. The third kappa shape index (κ3) is 4.86. The molecule has 2 heterocycles. The van der Waals surface area contributed by atoms with E-state index < -0.39 is 5.41 Å². The van der Waals surface area contributed by atoms with Crippen molar-refractivity contribution in [3.8, 4) is 11.5 Å². The maximum atomic E-state index is 13.0. The number of halogens is 1. The summed E-state index contributed by atoms with van der Waals surface area (Å²) in [6.45, 7) is 8.14. The van der Waals surface area contributed by atoms with Crippen LogP contribution >= 0.6 is 12.4 Å². The number of fused-ring (bicyclic) bond motifs is 1. The van der Waals surface area contributed by atoms with Crippen LogP contribution in [0.2, 0.25) is 0 Å². The van der Waals surface area contributed by atoms with Gasteiger partial charge in [-0.1, -0.05) is 19.9 Å². The SMILES string of the molecule is COCC1(C(=O)NCC(C)(C)c2ccc3c(c2)OCCO3)CCNCC1.Cl. The van der Waals surface area contributed by atoms with Gasteiger partial charge in [-0.05, 0) is 43.6 Å². The van der Waals surface area contributed by atoms with E-state index in [9.17, 15) is 4.79 Å². The summed E-state index contributed by atoms with van der Waals surface area (Å²) < 4.78 is 16.7. The van der Waals surface area contributed by atoms with Crippen molar-refractivity contribution in [1.29, 1.82) is 0 Å². The van der Waals surface area contributed by atoms with Gasteiger partial charge in [-0.3, -0.25) is 4.79 Å². The Morgan fingerprint density at radius 1 is 1.22 bits per heavy atom. The van der Waals surface area contributed by atoms with Crippen LogP contribution in [-0.2, 0) is 14.9 Å². The van der Waals surface area contributed by atoms with Gasteiger partial charge in [0, 0.05) is 19.1 Å². The summed E-state index contributed by atoms with van der Waals surface area (Å²) in [5.74, 6) is 1.66. The molecule has 6 nitrogen and oxygen atoms in total. The molecular formula is C20H31ClN2O4. The van der Waals surface area contributed by atoms with Gasteiger partial charge in [0.15, 0.2) is 11.5 Å². The highest BCUT2D eigenvalue weighted by atomic mass is 35.5. The first-order chi connectivity index (χ1) is 12.5. The number of hydrogen-bond donors (Lipinski definition) is 2. The molecule has 1 aromatic carbocycles. The lowest BCUT2D eigenvalue weighted by Crippen LogP contribution is -2.52. The zero-order chi connectivity index (χ0) is 18.6. The van der Waals surface area contributed by atoms with Gasteiger partial charge in [0.05, 0.1) is 12.0 Å². The fourth-order valence-electron chi connectivity index (χ4n) is 3.67. The predicted molar refractivity (Wildman–Crippen MR) is 107 cm³/mol. The molecule has 0 atom stereocenters. The fourth-order valence-corrected chi connectivity index (χ4v) is 3.67. The van der Waals surface area contributed by atoms with Crippen molar-refractivity contribution >= 4 is 18.3 Å². The van der Waals surface area contributed by atoms with Crippen molar-refractivity contribution < 1.29 is 19.0 Å². The van der Waals surface area contributed by atoms with E-state index in [1.165, 1.54) is 0 Å². The van der Waals surface area contributed by atoms with E-state index >= 15 is 0 Å². The van der Waals surface area contributed by atoms with Crippen molar-refractivity contribution in [3.05, 3.63) is 23.8 Å². The van der Waals surface area contributed by atoms with Crippen LogP contribution < -0.4 is 20.1 Å². The summed E-state index contributed by atoms with van der Waals surface area (Å²) in [6, 6.07) is 6.03. The lowest BCUT2D eigenvalue weighted by atomic mass is 9.78. The van der Waals surface area contributed by atoms with Crippen LogP contribution in [0.1, 0.15) is 32.3 Å². The highest BCUT2D eigenvalue weighted by molar-refractivity contribution is 5.85. The minimum Gasteiger partial charge on any atom is -0.486 e. The molecule has 27 heavy (non-hydrogen) atoms. The summed E-state index contributed by atoms with van der Waals surface area (Å²) in [5, 5.41) is 6.50. The number of amides is 1. The number of methoxy groups -OCH3 is 1. The maximum Gasteiger partial charge on any atom is 0.228 e. The molecule has 0 radical (unpaired) electrons. The molecule has 7 heteroatoms. The van der Waals surface area contributed by atoms with Crippen molar-refractivity contribution in [2.75, 3.05) is 46.6 Å². The Morgan fingerprint density at radius 3 is 2.56 bits per heavy atom. The van der Waals surface area contributed by atoms with E-state index in [1.807, 2.05) is 12.1 Å². The molecule has 1 amide bonds. The van der Waals surface area contributed by atoms with Gasteiger partial charge in [0.25, 0.3) is 0 Å². The van der Waals surface area contributed by atoms with Gasteiger partial charge in [-0.25, -0.2) is 0 Å². The minimum atomic E-state index is -0.428. The summed E-state index contributed by atoms with van der Waals surface area (Å²) in [4.78, 5) is 13.0. The lowest BCUT2D eigenvalue weighted by molar-refractivity contribution is -0.136. The molecule has 2 aliphatic heterocycles. The quantitative estimate of drug-likeness (QED) is 0.769. The number of nitrogens with one attached hydrogen (secondary N) is 2. The van der Waals surface area contributed by atoms with E-state index in [0.717, 1.165) is 43.0 Å². The molecule has 0 aromatic heterocycles. The van der Waals surface area contributed by atoms with Gasteiger partial charge in [-0.2, -0.15) is 0 Å². The molecule has 2 N–H and O–H groups in total. The third-order valence-corrected chi connectivity index (χ3v) is 5.48. The molecule has 0 aliphatic carbocycles. The Balaban J connectivity index is 0.00000261. The largest absolute Gasteiger partial charge is 0.486 e. The normalized spacial score (nSPS) is 18.3. The fraction of sp³-hybridized carbons (Fsp3) is 0.650. The van der Waals surface area contributed by atoms with Crippen LogP contribution in [0.4, 0.5) is 0 Å². The standard InChI is InChI=1S/C20H30N2O4.ClH/c1-19(2,15-4-5-16-17(12-15)26-11-10-25-16)13-22-18(23)20(14-24-3)6-8-21-9-7-20;/h4-5,12,21H,6-11,13-14H2,1-3H3,(H,22,23);1H. The highest BCUT2D eigenvalue weighted by Crippen LogP contribution is 2.35. The lowest BCUT2D eigenvalue weighted by Gasteiger charge is -2.37. The van der Waals surface area contributed by atoms with E-state index in [4.69, 9.17) is 14.2 Å². The molecule has 1 aromatic rings. The number of hydrogen-bond acceptors (Lipinski definition) is 5. The van der Waals surface area contributed by atoms with E-state index in [-0.39, 0.29) is 23.7 Å². The first-order valence-corrected chi connectivity index (χ1v) is 9.35. The summed E-state index contributed by atoms with van der Waals surface area (Å²) in [7, 11) is 1.66. The van der Waals surface area contributed by atoms with Crippen molar-refractivity contribution in [3.63, 3.8) is 0 Å². The summed E-state index contributed by atoms with van der Waals surface area (Å²) in [6.07, 6.45) is 1.61. The second kappa shape index (κ2) is 9.13. The van der Waals surface area contributed by atoms with Crippen LogP contribution in [0.25, 0.3) is 0 Å². The summed E-state index contributed by atoms with van der Waals surface area (Å²) in [5.41, 5.74) is 0.475. The van der Waals surface area contributed by atoms with Crippen molar-refractivity contribution in [2.45, 2.75) is 32.1 Å². The molecular weight excluding hydrogens is 368 g/mol. The van der Waals surface area contributed by atoms with Gasteiger partial charge in [0.2, 0.25) is 5.91 Å². The Hall–Kier alpha value is -1.50. The Labute approximate surface area is 167 Å². The Morgan fingerprint density at radius 2 is 1.89 bits per heavy atom. The van der Waals surface area contributed by atoms with Crippen molar-refractivity contribution in [1.82, 2.24) is 10.6 Å². The minimum absolute atomic E-state index is 0. The topological polar surface area (TPSA) is 68.8 Å². The molecule has 152 valence electrons. The molecule has 1 saturated heterocycles. The monoisotopic (exact) mass is 398 g/mol. The molecule has 1 fully saturated rings. The molecule has 0 bridgehead atoms. The molecule has 0 saturated carbocycles. The Kier molecular flexibility index (Phi) is 7.37. The number of piperidine rings is 1. The number of ether oxygens (including phenoxy) is 3. The van der Waals surface area contributed by atoms with Gasteiger partial charge >= 0.3 is 0 Å². The average Bonchev–Trinajstić information content (AvgIpc) is 2.66. The highest BCUT2D eigenvalue weighted by Gasteiger charge is 2.40. The van der Waals surface area contributed by atoms with Crippen LogP contribution in [0.15, 0.2) is 18.2 Å². The van der Waals surface area contributed by atoms with Crippen LogP contribution in [0.5, 0.6) is 11.5 Å². The van der Waals surface area contributed by atoms with Gasteiger partial charge in [-0.15, -0.1) is 12.4 Å². The molecule has 0 unspecified atom stereocenters. The molecule has 0 spiro atoms. The van der Waals surface area contributed by atoms with Gasteiger partial charge < -0.3 is 24.8 Å². The zero-order valence-corrected chi connectivity index (χ0v) is 17.2. The number of carbonyl (C=O) groups is 1. The second-order valence-corrected chi connectivity index (χ2v) is 7.89. The number of benzene rings is 1. The van der Waals surface area contributed by atoms with Crippen molar-refractivity contribution in [2.24, 2.45) is 5.41 Å².